The summed E-state index contributed by atoms with van der Waals surface area (Å²) in [5.74, 6) is 0.0264. The maximum atomic E-state index is 12.2. The summed E-state index contributed by atoms with van der Waals surface area (Å²) in [6.45, 7) is 6.59. The van der Waals surface area contributed by atoms with Gasteiger partial charge < -0.3 is 10.4 Å². The van der Waals surface area contributed by atoms with Crippen molar-refractivity contribution >= 4 is 11.6 Å². The van der Waals surface area contributed by atoms with Crippen molar-refractivity contribution in [3.05, 3.63) is 29.8 Å². The SMILES string of the molecule is CCCC1(CO)CCN(CC(=O)Nc2cccc(CC)c2)C1. The van der Waals surface area contributed by atoms with E-state index in [9.17, 15) is 9.90 Å². The van der Waals surface area contributed by atoms with Crippen molar-refractivity contribution in [1.82, 2.24) is 4.90 Å². The second kappa shape index (κ2) is 7.75. The molecule has 1 amide bonds. The number of carbonyl (C=O) groups excluding carboxylic acids is 1. The summed E-state index contributed by atoms with van der Waals surface area (Å²) in [7, 11) is 0. The highest BCUT2D eigenvalue weighted by atomic mass is 16.3. The highest BCUT2D eigenvalue weighted by Gasteiger charge is 2.37. The average molecular weight is 304 g/mol. The van der Waals surface area contributed by atoms with Gasteiger partial charge in [-0.15, -0.1) is 0 Å². The Hall–Kier alpha value is -1.39. The molecule has 0 saturated carbocycles. The second-order valence-corrected chi connectivity index (χ2v) is 6.47. The van der Waals surface area contributed by atoms with Crippen molar-refractivity contribution in [2.75, 3.05) is 31.6 Å². The predicted molar refractivity (Wildman–Crippen MR) is 89.9 cm³/mol. The van der Waals surface area contributed by atoms with Crippen LogP contribution < -0.4 is 5.32 Å². The van der Waals surface area contributed by atoms with Crippen molar-refractivity contribution in [2.24, 2.45) is 5.41 Å². The molecule has 1 aromatic carbocycles. The van der Waals surface area contributed by atoms with Crippen LogP contribution in [0.5, 0.6) is 0 Å². The highest BCUT2D eigenvalue weighted by Crippen LogP contribution is 2.34. The number of benzene rings is 1. The predicted octanol–water partition coefficient (Wildman–Crippen LogP) is 2.67. The summed E-state index contributed by atoms with van der Waals surface area (Å²) < 4.78 is 0. The fraction of sp³-hybridized carbons (Fsp3) is 0.611. The molecule has 22 heavy (non-hydrogen) atoms. The Bertz CT molecular complexity index is 504. The molecule has 1 aromatic rings. The van der Waals surface area contributed by atoms with Gasteiger partial charge in [0, 0.05) is 24.3 Å². The monoisotopic (exact) mass is 304 g/mol. The van der Waals surface area contributed by atoms with E-state index in [2.05, 4.69) is 30.1 Å². The number of aliphatic hydroxyl groups excluding tert-OH is 1. The van der Waals surface area contributed by atoms with Crippen LogP contribution in [-0.4, -0.2) is 42.2 Å². The van der Waals surface area contributed by atoms with Gasteiger partial charge in [0.05, 0.1) is 6.54 Å². The molecule has 1 fully saturated rings. The van der Waals surface area contributed by atoms with E-state index in [4.69, 9.17) is 0 Å². The molecule has 0 aliphatic carbocycles. The lowest BCUT2D eigenvalue weighted by molar-refractivity contribution is -0.117. The first-order valence-corrected chi connectivity index (χ1v) is 8.33. The van der Waals surface area contributed by atoms with Crippen LogP contribution in [0, 0.1) is 5.41 Å². The molecule has 1 atom stereocenters. The summed E-state index contributed by atoms with van der Waals surface area (Å²) in [5, 5.41) is 12.6. The molecule has 2 N–H and O–H groups in total. The fourth-order valence-corrected chi connectivity index (χ4v) is 3.38. The lowest BCUT2D eigenvalue weighted by Gasteiger charge is -2.26. The van der Waals surface area contributed by atoms with E-state index < -0.39 is 0 Å². The van der Waals surface area contributed by atoms with Gasteiger partial charge in [0.25, 0.3) is 0 Å². The van der Waals surface area contributed by atoms with Crippen molar-refractivity contribution in [3.8, 4) is 0 Å². The summed E-state index contributed by atoms with van der Waals surface area (Å²) in [5.41, 5.74) is 2.09. The van der Waals surface area contributed by atoms with Crippen molar-refractivity contribution in [2.45, 2.75) is 39.5 Å². The normalized spacial score (nSPS) is 22.0. The molecule has 0 aromatic heterocycles. The Balaban J connectivity index is 1.87. The maximum absolute atomic E-state index is 12.2. The van der Waals surface area contributed by atoms with Crippen LogP contribution in [0.1, 0.15) is 38.7 Å². The lowest BCUT2D eigenvalue weighted by Crippen LogP contribution is -2.35. The molecule has 0 radical (unpaired) electrons. The van der Waals surface area contributed by atoms with Gasteiger partial charge in [-0.3, -0.25) is 9.69 Å². The van der Waals surface area contributed by atoms with Gasteiger partial charge in [0.1, 0.15) is 0 Å². The van der Waals surface area contributed by atoms with Gasteiger partial charge in [-0.05, 0) is 43.5 Å². The van der Waals surface area contributed by atoms with Gasteiger partial charge in [0.2, 0.25) is 5.91 Å². The molecule has 1 heterocycles. The van der Waals surface area contributed by atoms with Crippen LogP contribution in [0.3, 0.4) is 0 Å². The van der Waals surface area contributed by atoms with Crippen LogP contribution >= 0.6 is 0 Å². The van der Waals surface area contributed by atoms with Gasteiger partial charge in [-0.2, -0.15) is 0 Å². The molecule has 1 saturated heterocycles. The third-order valence-corrected chi connectivity index (χ3v) is 4.62. The summed E-state index contributed by atoms with van der Waals surface area (Å²) >= 11 is 0. The Kier molecular flexibility index (Phi) is 5.98. The van der Waals surface area contributed by atoms with Crippen molar-refractivity contribution in [1.29, 1.82) is 0 Å². The molecule has 4 nitrogen and oxygen atoms in total. The maximum Gasteiger partial charge on any atom is 0.238 e. The van der Waals surface area contributed by atoms with E-state index in [1.54, 1.807) is 0 Å². The Morgan fingerprint density at radius 2 is 2.23 bits per heavy atom. The summed E-state index contributed by atoms with van der Waals surface area (Å²) in [6.07, 6.45) is 4.05. The third kappa shape index (κ3) is 4.31. The minimum atomic E-state index is -0.00282. The van der Waals surface area contributed by atoms with E-state index >= 15 is 0 Å². The number of rotatable bonds is 7. The first kappa shape index (κ1) is 17.0. The molecule has 1 aliphatic rings. The number of amides is 1. The van der Waals surface area contributed by atoms with E-state index in [0.717, 1.165) is 44.5 Å². The van der Waals surface area contributed by atoms with Gasteiger partial charge in [-0.1, -0.05) is 32.4 Å². The molecule has 1 aliphatic heterocycles. The van der Waals surface area contributed by atoms with Crippen molar-refractivity contribution in [3.63, 3.8) is 0 Å². The quantitative estimate of drug-likeness (QED) is 0.814. The number of hydrogen-bond acceptors (Lipinski definition) is 3. The Labute approximate surface area is 133 Å². The summed E-state index contributed by atoms with van der Waals surface area (Å²) in [6, 6.07) is 7.99. The molecular weight excluding hydrogens is 276 g/mol. The van der Waals surface area contributed by atoms with Crippen LogP contribution in [0.2, 0.25) is 0 Å². The molecule has 1 unspecified atom stereocenters. The van der Waals surface area contributed by atoms with E-state index in [1.165, 1.54) is 5.56 Å². The first-order valence-electron chi connectivity index (χ1n) is 8.33. The zero-order chi connectivity index (χ0) is 16.0. The van der Waals surface area contributed by atoms with Gasteiger partial charge >= 0.3 is 0 Å². The Morgan fingerprint density at radius 1 is 1.41 bits per heavy atom. The topological polar surface area (TPSA) is 52.6 Å². The number of hydrogen-bond donors (Lipinski definition) is 2. The number of nitrogens with one attached hydrogen (secondary N) is 1. The molecule has 0 spiro atoms. The first-order chi connectivity index (χ1) is 10.6. The minimum absolute atomic E-state index is 0.00282. The van der Waals surface area contributed by atoms with E-state index in [0.29, 0.717) is 6.54 Å². The molecule has 4 heteroatoms. The Morgan fingerprint density at radius 3 is 2.91 bits per heavy atom. The molecule has 2 rings (SSSR count). The van der Waals surface area contributed by atoms with E-state index in [-0.39, 0.29) is 17.9 Å². The smallest absolute Gasteiger partial charge is 0.238 e. The number of aryl methyl sites for hydroxylation is 1. The highest BCUT2D eigenvalue weighted by molar-refractivity contribution is 5.92. The standard InChI is InChI=1S/C18H28N2O2/c1-3-8-18(14-21)9-10-20(13-18)12-17(22)19-16-7-5-6-15(4-2)11-16/h5-7,11,21H,3-4,8-10,12-14H2,1-2H3,(H,19,22). The van der Waals surface area contributed by atoms with Crippen LogP contribution in [0.25, 0.3) is 0 Å². The van der Waals surface area contributed by atoms with Crippen molar-refractivity contribution < 1.29 is 9.90 Å². The number of likely N-dealkylation sites (tertiary alicyclic amines) is 1. The van der Waals surface area contributed by atoms with E-state index in [1.807, 2.05) is 18.2 Å². The van der Waals surface area contributed by atoms with Gasteiger partial charge in [-0.25, -0.2) is 0 Å². The number of carbonyl (C=O) groups is 1. The minimum Gasteiger partial charge on any atom is -0.396 e. The van der Waals surface area contributed by atoms with Gasteiger partial charge in [0.15, 0.2) is 0 Å². The summed E-state index contributed by atoms with van der Waals surface area (Å²) in [4.78, 5) is 14.4. The molecular formula is C18H28N2O2. The zero-order valence-corrected chi connectivity index (χ0v) is 13.8. The zero-order valence-electron chi connectivity index (χ0n) is 13.8. The number of nitrogens with zero attached hydrogens (tertiary/aromatic N) is 1. The average Bonchev–Trinajstić information content (AvgIpc) is 2.91. The lowest BCUT2D eigenvalue weighted by atomic mass is 9.83. The largest absolute Gasteiger partial charge is 0.396 e. The van der Waals surface area contributed by atoms with Crippen LogP contribution in [0.15, 0.2) is 24.3 Å². The van der Waals surface area contributed by atoms with Crippen LogP contribution in [0.4, 0.5) is 5.69 Å². The fourth-order valence-electron chi connectivity index (χ4n) is 3.38. The van der Waals surface area contributed by atoms with Crippen LogP contribution in [-0.2, 0) is 11.2 Å². The number of anilines is 1. The third-order valence-electron chi connectivity index (χ3n) is 4.62. The molecule has 122 valence electrons. The number of aliphatic hydroxyl groups is 1. The second-order valence-electron chi connectivity index (χ2n) is 6.47. The molecule has 0 bridgehead atoms.